The first-order valence-electron chi connectivity index (χ1n) is 4.88. The normalized spacial score (nSPS) is 16.9. The van der Waals surface area contributed by atoms with Crippen molar-refractivity contribution < 1.29 is 34.2 Å². The van der Waals surface area contributed by atoms with Crippen molar-refractivity contribution in [1.82, 2.24) is 10.6 Å². The van der Waals surface area contributed by atoms with Crippen LogP contribution in [0.5, 0.6) is 0 Å². The summed E-state index contributed by atoms with van der Waals surface area (Å²) in [5.41, 5.74) is 0. The number of rotatable bonds is 0. The molecule has 2 saturated heterocycles. The Labute approximate surface area is 101 Å². The van der Waals surface area contributed by atoms with Gasteiger partial charge < -0.3 is 10.2 Å². The summed E-state index contributed by atoms with van der Waals surface area (Å²) >= 11 is 0. The largest absolute Gasteiger partial charge is 0.503 e. The molecule has 0 aliphatic carbocycles. The van der Waals surface area contributed by atoms with Crippen LogP contribution in [0, 0.1) is 0 Å². The lowest BCUT2D eigenvalue weighted by atomic mass is 10.4. The third kappa shape index (κ3) is 8.83. The van der Waals surface area contributed by atoms with E-state index in [1.165, 1.54) is 0 Å². The number of carbonyl (C=O) groups is 5. The van der Waals surface area contributed by atoms with Crippen LogP contribution in [0.1, 0.15) is 25.7 Å². The van der Waals surface area contributed by atoms with Crippen LogP contribution >= 0.6 is 0 Å². The Balaban J connectivity index is 0.000000253. The summed E-state index contributed by atoms with van der Waals surface area (Å²) in [6, 6.07) is 0. The van der Waals surface area contributed by atoms with Crippen molar-refractivity contribution in [1.29, 1.82) is 0 Å². The van der Waals surface area contributed by atoms with Crippen LogP contribution in [0.2, 0.25) is 0 Å². The third-order valence-corrected chi connectivity index (χ3v) is 1.72. The topological polar surface area (TPSA) is 150 Å². The lowest BCUT2D eigenvalue weighted by molar-refractivity contribution is -0.126. The predicted molar refractivity (Wildman–Crippen MR) is 55.4 cm³/mol. The van der Waals surface area contributed by atoms with Gasteiger partial charge in [0.15, 0.2) is 0 Å². The summed E-state index contributed by atoms with van der Waals surface area (Å²) in [5.74, 6) is -0.593. The standard InChI is InChI=1S/2C4H5NO2.CH2O3/c2*6-3-1-2-4(7)5-3;2-1(3)4/h2*1-2H2,(H,5,6,7);(H2,2,3,4). The Morgan fingerprint density at radius 3 is 0.944 bits per heavy atom. The van der Waals surface area contributed by atoms with Gasteiger partial charge in [-0.3, -0.25) is 29.8 Å². The molecule has 0 aromatic heterocycles. The van der Waals surface area contributed by atoms with Crippen LogP contribution < -0.4 is 10.6 Å². The average molecular weight is 260 g/mol. The second kappa shape index (κ2) is 7.76. The Morgan fingerprint density at radius 2 is 0.889 bits per heavy atom. The number of amides is 4. The monoisotopic (exact) mass is 260 g/mol. The van der Waals surface area contributed by atoms with E-state index in [0.717, 1.165) is 0 Å². The molecule has 9 nitrogen and oxygen atoms in total. The highest BCUT2D eigenvalue weighted by atomic mass is 16.6. The van der Waals surface area contributed by atoms with E-state index in [9.17, 15) is 19.2 Å². The van der Waals surface area contributed by atoms with Gasteiger partial charge in [-0.15, -0.1) is 0 Å². The Kier molecular flexibility index (Phi) is 6.71. The fourth-order valence-electron chi connectivity index (χ4n) is 1.02. The first-order chi connectivity index (χ1) is 8.31. The second-order valence-electron chi connectivity index (χ2n) is 3.23. The van der Waals surface area contributed by atoms with Crippen LogP contribution in [-0.2, 0) is 19.2 Å². The molecule has 2 rings (SSSR count). The molecule has 0 unspecified atom stereocenters. The zero-order valence-electron chi connectivity index (χ0n) is 9.26. The molecule has 100 valence electrons. The highest BCUT2D eigenvalue weighted by molar-refractivity contribution is 6.02. The predicted octanol–water partition coefficient (Wildman–Crippen LogP) is -0.932. The van der Waals surface area contributed by atoms with Crippen LogP contribution in [0.15, 0.2) is 0 Å². The molecule has 2 aliphatic rings. The van der Waals surface area contributed by atoms with Crippen molar-refractivity contribution >= 4 is 29.8 Å². The maximum absolute atomic E-state index is 10.1. The molecule has 4 amide bonds. The maximum atomic E-state index is 10.1. The van der Waals surface area contributed by atoms with E-state index in [1.54, 1.807) is 0 Å². The van der Waals surface area contributed by atoms with Crippen molar-refractivity contribution in [2.45, 2.75) is 25.7 Å². The van der Waals surface area contributed by atoms with Gasteiger partial charge in [0.25, 0.3) is 0 Å². The van der Waals surface area contributed by atoms with E-state index >= 15 is 0 Å². The number of hydrogen-bond acceptors (Lipinski definition) is 5. The van der Waals surface area contributed by atoms with Crippen molar-refractivity contribution in [3.05, 3.63) is 0 Å². The molecule has 2 heterocycles. The first kappa shape index (κ1) is 15.6. The van der Waals surface area contributed by atoms with E-state index < -0.39 is 6.16 Å². The molecule has 0 atom stereocenters. The molecule has 0 bridgehead atoms. The van der Waals surface area contributed by atoms with Gasteiger partial charge >= 0.3 is 6.16 Å². The SMILES string of the molecule is O=C(O)O.O=C1CCC(=O)N1.O=C1CCC(=O)N1. The number of carbonyl (C=O) groups excluding carboxylic acids is 4. The third-order valence-electron chi connectivity index (χ3n) is 1.72. The number of imide groups is 2. The quantitative estimate of drug-likeness (QED) is 0.411. The fraction of sp³-hybridized carbons (Fsp3) is 0.444. The van der Waals surface area contributed by atoms with Crippen molar-refractivity contribution in [2.24, 2.45) is 0 Å². The van der Waals surface area contributed by atoms with Crippen LogP contribution in [0.3, 0.4) is 0 Å². The maximum Gasteiger partial charge on any atom is 0.503 e. The number of hydrogen-bond donors (Lipinski definition) is 4. The highest BCUT2D eigenvalue weighted by Crippen LogP contribution is 1.96. The van der Waals surface area contributed by atoms with Gasteiger partial charge in [-0.25, -0.2) is 4.79 Å². The van der Waals surface area contributed by atoms with Crippen molar-refractivity contribution in [2.75, 3.05) is 0 Å². The van der Waals surface area contributed by atoms with Gasteiger partial charge in [-0.05, 0) is 0 Å². The lowest BCUT2D eigenvalue weighted by Crippen LogP contribution is -2.18. The molecular formula is C9H12N2O7. The van der Waals surface area contributed by atoms with Gasteiger partial charge in [0.05, 0.1) is 0 Å². The molecule has 9 heteroatoms. The highest BCUT2D eigenvalue weighted by Gasteiger charge is 2.16. The first-order valence-corrected chi connectivity index (χ1v) is 4.88. The summed E-state index contributed by atoms with van der Waals surface area (Å²) < 4.78 is 0. The van der Waals surface area contributed by atoms with Gasteiger partial charge in [0, 0.05) is 25.7 Å². The molecule has 4 N–H and O–H groups in total. The second-order valence-corrected chi connectivity index (χ2v) is 3.23. The molecule has 0 spiro atoms. The Hall–Kier alpha value is -2.45. The van der Waals surface area contributed by atoms with E-state index in [2.05, 4.69) is 10.6 Å². The summed E-state index contributed by atoms with van der Waals surface area (Å²) in [7, 11) is 0. The number of nitrogens with one attached hydrogen (secondary N) is 2. The van der Waals surface area contributed by atoms with E-state index in [0.29, 0.717) is 25.7 Å². The minimum Gasteiger partial charge on any atom is -0.450 e. The van der Waals surface area contributed by atoms with Crippen molar-refractivity contribution in [3.63, 3.8) is 0 Å². The number of carboxylic acid groups (broad SMARTS) is 2. The summed E-state index contributed by atoms with van der Waals surface area (Å²) in [4.78, 5) is 49.0. The molecule has 18 heavy (non-hydrogen) atoms. The summed E-state index contributed by atoms with van der Waals surface area (Å²) in [5, 5.41) is 18.2. The van der Waals surface area contributed by atoms with Gasteiger partial charge in [0.2, 0.25) is 23.6 Å². The molecule has 0 aromatic carbocycles. The minimum atomic E-state index is -1.83. The molecule has 0 saturated carbocycles. The van der Waals surface area contributed by atoms with E-state index in [-0.39, 0.29) is 23.6 Å². The summed E-state index contributed by atoms with van der Waals surface area (Å²) in [6.45, 7) is 0. The van der Waals surface area contributed by atoms with Crippen LogP contribution in [-0.4, -0.2) is 40.0 Å². The molecule has 2 fully saturated rings. The van der Waals surface area contributed by atoms with Gasteiger partial charge in [0.1, 0.15) is 0 Å². The fourth-order valence-corrected chi connectivity index (χ4v) is 1.02. The molecule has 0 radical (unpaired) electrons. The zero-order valence-corrected chi connectivity index (χ0v) is 9.26. The van der Waals surface area contributed by atoms with Crippen LogP contribution in [0.4, 0.5) is 4.79 Å². The van der Waals surface area contributed by atoms with Gasteiger partial charge in [-0.2, -0.15) is 0 Å². The Bertz CT molecular complexity index is 315. The Morgan fingerprint density at radius 1 is 0.722 bits per heavy atom. The van der Waals surface area contributed by atoms with Crippen molar-refractivity contribution in [3.8, 4) is 0 Å². The minimum absolute atomic E-state index is 0.148. The lowest BCUT2D eigenvalue weighted by Gasteiger charge is -1.79. The van der Waals surface area contributed by atoms with E-state index in [4.69, 9.17) is 15.0 Å². The average Bonchev–Trinajstić information content (AvgIpc) is 2.76. The van der Waals surface area contributed by atoms with Gasteiger partial charge in [-0.1, -0.05) is 0 Å². The van der Waals surface area contributed by atoms with E-state index in [1.807, 2.05) is 0 Å². The molecular weight excluding hydrogens is 248 g/mol. The molecule has 0 aromatic rings. The van der Waals surface area contributed by atoms with Crippen LogP contribution in [0.25, 0.3) is 0 Å². The smallest absolute Gasteiger partial charge is 0.450 e. The summed E-state index contributed by atoms with van der Waals surface area (Å²) in [6.07, 6.45) is -0.338. The zero-order chi connectivity index (χ0) is 14.1. The molecule has 2 aliphatic heterocycles.